The van der Waals surface area contributed by atoms with Crippen molar-refractivity contribution in [1.29, 1.82) is 5.26 Å². The molecule has 2 rings (SSSR count). The molecule has 1 amide bonds. The van der Waals surface area contributed by atoms with Gasteiger partial charge in [-0.3, -0.25) is 4.79 Å². The first-order valence-electron chi connectivity index (χ1n) is 7.21. The fourth-order valence-corrected chi connectivity index (χ4v) is 2.64. The monoisotopic (exact) mass is 284 g/mol. The molecular weight excluding hydrogens is 264 g/mol. The van der Waals surface area contributed by atoms with Gasteiger partial charge in [-0.15, -0.1) is 0 Å². The molecule has 110 valence electrons. The minimum Gasteiger partial charge on any atom is -0.496 e. The lowest BCUT2D eigenvalue weighted by Gasteiger charge is -2.11. The highest BCUT2D eigenvalue weighted by atomic mass is 16.5. The highest BCUT2D eigenvalue weighted by Gasteiger charge is 2.19. The van der Waals surface area contributed by atoms with Crippen molar-refractivity contribution in [1.82, 2.24) is 5.32 Å². The van der Waals surface area contributed by atoms with E-state index in [2.05, 4.69) is 5.32 Å². The van der Waals surface area contributed by atoms with Gasteiger partial charge in [0.15, 0.2) is 0 Å². The van der Waals surface area contributed by atoms with E-state index in [-0.39, 0.29) is 17.5 Å². The molecule has 0 aromatic heterocycles. The van der Waals surface area contributed by atoms with E-state index in [0.29, 0.717) is 0 Å². The number of carbonyl (C=O) groups excluding carboxylic acids is 1. The lowest BCUT2D eigenvalue weighted by atomic mass is 10.1. The molecule has 1 aliphatic carbocycles. The number of nitriles is 1. The van der Waals surface area contributed by atoms with Gasteiger partial charge in [0.2, 0.25) is 0 Å². The first kappa shape index (κ1) is 15.1. The Morgan fingerprint density at radius 3 is 2.71 bits per heavy atom. The summed E-state index contributed by atoms with van der Waals surface area (Å²) in [6.45, 7) is 1.93. The topological polar surface area (TPSA) is 62.1 Å². The number of hydrogen-bond donors (Lipinski definition) is 1. The number of methoxy groups -OCH3 is 1. The summed E-state index contributed by atoms with van der Waals surface area (Å²) in [7, 11) is 1.62. The van der Waals surface area contributed by atoms with Crippen LogP contribution in [0, 0.1) is 18.3 Å². The molecule has 0 radical (unpaired) electrons. The van der Waals surface area contributed by atoms with E-state index in [9.17, 15) is 10.1 Å². The third-order valence-corrected chi connectivity index (χ3v) is 3.79. The minimum absolute atomic E-state index is 0.145. The van der Waals surface area contributed by atoms with Crippen molar-refractivity contribution in [3.63, 3.8) is 0 Å². The molecule has 0 spiro atoms. The maximum atomic E-state index is 12.1. The second-order valence-corrected chi connectivity index (χ2v) is 5.35. The lowest BCUT2D eigenvalue weighted by Crippen LogP contribution is -2.33. The maximum absolute atomic E-state index is 12.1. The second kappa shape index (κ2) is 6.94. The van der Waals surface area contributed by atoms with Gasteiger partial charge < -0.3 is 10.1 Å². The molecule has 0 heterocycles. The van der Waals surface area contributed by atoms with Crippen LogP contribution in [0.15, 0.2) is 23.8 Å². The van der Waals surface area contributed by atoms with Gasteiger partial charge in [-0.25, -0.2) is 0 Å². The summed E-state index contributed by atoms with van der Waals surface area (Å²) in [6, 6.07) is 7.78. The summed E-state index contributed by atoms with van der Waals surface area (Å²) in [5.74, 6) is 0.513. The van der Waals surface area contributed by atoms with E-state index in [1.54, 1.807) is 13.2 Å². The second-order valence-electron chi connectivity index (χ2n) is 5.35. The summed E-state index contributed by atoms with van der Waals surface area (Å²) in [5.41, 5.74) is 1.94. The molecule has 0 unspecified atom stereocenters. The Hall–Kier alpha value is -2.28. The van der Waals surface area contributed by atoms with Crippen molar-refractivity contribution in [3.8, 4) is 11.8 Å². The molecule has 0 saturated heterocycles. The standard InChI is InChI=1S/C17H20N2O2/c1-12-9-13(7-8-16(12)21-2)10-14(11-18)17(20)19-15-5-3-4-6-15/h7-10,15H,3-6H2,1-2H3,(H,19,20). The average Bonchev–Trinajstić information content (AvgIpc) is 2.97. The van der Waals surface area contributed by atoms with Crippen molar-refractivity contribution in [2.75, 3.05) is 7.11 Å². The van der Waals surface area contributed by atoms with Gasteiger partial charge in [-0.05, 0) is 49.1 Å². The highest BCUT2D eigenvalue weighted by Crippen LogP contribution is 2.21. The normalized spacial score (nSPS) is 15.6. The van der Waals surface area contributed by atoms with Crippen LogP contribution >= 0.6 is 0 Å². The molecule has 4 nitrogen and oxygen atoms in total. The zero-order valence-electron chi connectivity index (χ0n) is 12.5. The van der Waals surface area contributed by atoms with Crippen LogP contribution in [0.25, 0.3) is 6.08 Å². The number of rotatable bonds is 4. The fourth-order valence-electron chi connectivity index (χ4n) is 2.64. The molecular formula is C17H20N2O2. The smallest absolute Gasteiger partial charge is 0.262 e. The molecule has 1 aliphatic rings. The predicted octanol–water partition coefficient (Wildman–Crippen LogP) is 2.97. The zero-order valence-corrected chi connectivity index (χ0v) is 12.5. The largest absolute Gasteiger partial charge is 0.496 e. The zero-order chi connectivity index (χ0) is 15.2. The van der Waals surface area contributed by atoms with Crippen LogP contribution in [0.2, 0.25) is 0 Å². The number of hydrogen-bond acceptors (Lipinski definition) is 3. The Bertz CT molecular complexity index is 593. The minimum atomic E-state index is -0.280. The van der Waals surface area contributed by atoms with E-state index >= 15 is 0 Å². The Balaban J connectivity index is 2.14. The summed E-state index contributed by atoms with van der Waals surface area (Å²) in [4.78, 5) is 12.1. The summed E-state index contributed by atoms with van der Waals surface area (Å²) >= 11 is 0. The van der Waals surface area contributed by atoms with Crippen LogP contribution in [-0.4, -0.2) is 19.1 Å². The van der Waals surface area contributed by atoms with Crippen LogP contribution < -0.4 is 10.1 Å². The van der Waals surface area contributed by atoms with Crippen molar-refractivity contribution in [3.05, 3.63) is 34.9 Å². The first-order chi connectivity index (χ1) is 10.1. The molecule has 1 aromatic rings. The Kier molecular flexibility index (Phi) is 4.99. The summed E-state index contributed by atoms with van der Waals surface area (Å²) in [5, 5.41) is 12.1. The maximum Gasteiger partial charge on any atom is 0.262 e. The number of amides is 1. The van der Waals surface area contributed by atoms with Crippen LogP contribution in [-0.2, 0) is 4.79 Å². The molecule has 0 bridgehead atoms. The number of ether oxygens (including phenoxy) is 1. The van der Waals surface area contributed by atoms with E-state index < -0.39 is 0 Å². The predicted molar refractivity (Wildman–Crippen MR) is 81.7 cm³/mol. The number of benzene rings is 1. The van der Waals surface area contributed by atoms with Crippen molar-refractivity contribution >= 4 is 12.0 Å². The van der Waals surface area contributed by atoms with Gasteiger partial charge in [0.05, 0.1) is 7.11 Å². The number of carbonyl (C=O) groups is 1. The molecule has 0 aliphatic heterocycles. The van der Waals surface area contributed by atoms with Gasteiger partial charge in [0, 0.05) is 6.04 Å². The van der Waals surface area contributed by atoms with Crippen molar-refractivity contribution < 1.29 is 9.53 Å². The van der Waals surface area contributed by atoms with Gasteiger partial charge in [0.25, 0.3) is 5.91 Å². The third kappa shape index (κ3) is 3.85. The van der Waals surface area contributed by atoms with E-state index in [4.69, 9.17) is 4.74 Å². The first-order valence-corrected chi connectivity index (χ1v) is 7.21. The molecule has 1 aromatic carbocycles. The van der Waals surface area contributed by atoms with E-state index in [0.717, 1.165) is 42.6 Å². The molecule has 1 fully saturated rings. The number of aryl methyl sites for hydroxylation is 1. The van der Waals surface area contributed by atoms with Gasteiger partial charge >= 0.3 is 0 Å². The van der Waals surface area contributed by atoms with Crippen LogP contribution in [0.3, 0.4) is 0 Å². The molecule has 21 heavy (non-hydrogen) atoms. The number of nitrogens with one attached hydrogen (secondary N) is 1. The molecule has 0 atom stereocenters. The van der Waals surface area contributed by atoms with Crippen molar-refractivity contribution in [2.45, 2.75) is 38.6 Å². The molecule has 1 N–H and O–H groups in total. The van der Waals surface area contributed by atoms with E-state index in [1.807, 2.05) is 31.2 Å². The van der Waals surface area contributed by atoms with Gasteiger partial charge in [-0.1, -0.05) is 18.9 Å². The lowest BCUT2D eigenvalue weighted by molar-refractivity contribution is -0.117. The Morgan fingerprint density at radius 2 is 2.14 bits per heavy atom. The Morgan fingerprint density at radius 1 is 1.43 bits per heavy atom. The third-order valence-electron chi connectivity index (χ3n) is 3.79. The quantitative estimate of drug-likeness (QED) is 0.683. The van der Waals surface area contributed by atoms with Gasteiger partial charge in [0.1, 0.15) is 17.4 Å². The van der Waals surface area contributed by atoms with Crippen molar-refractivity contribution in [2.24, 2.45) is 0 Å². The molecule has 1 saturated carbocycles. The van der Waals surface area contributed by atoms with Gasteiger partial charge in [-0.2, -0.15) is 5.26 Å². The fraction of sp³-hybridized carbons (Fsp3) is 0.412. The average molecular weight is 284 g/mol. The SMILES string of the molecule is COc1ccc(C=C(C#N)C(=O)NC2CCCC2)cc1C. The number of nitrogens with zero attached hydrogens (tertiary/aromatic N) is 1. The Labute approximate surface area is 125 Å². The van der Waals surface area contributed by atoms with E-state index in [1.165, 1.54) is 0 Å². The highest BCUT2D eigenvalue weighted by molar-refractivity contribution is 6.01. The summed E-state index contributed by atoms with van der Waals surface area (Å²) < 4.78 is 5.20. The summed E-state index contributed by atoms with van der Waals surface area (Å²) in [6.07, 6.45) is 5.93. The molecule has 4 heteroatoms. The van der Waals surface area contributed by atoms with Crippen LogP contribution in [0.5, 0.6) is 5.75 Å². The van der Waals surface area contributed by atoms with Crippen LogP contribution in [0.1, 0.15) is 36.8 Å². The van der Waals surface area contributed by atoms with Crippen LogP contribution in [0.4, 0.5) is 0 Å².